The SMILES string of the molecule is NS(=O)(=O)C1CCCN(C(=O)c2ccc(O)cc2O)C1. The second-order valence-electron chi connectivity index (χ2n) is 4.81. The monoisotopic (exact) mass is 300 g/mol. The average Bonchev–Trinajstić information content (AvgIpc) is 2.37. The first-order valence-corrected chi connectivity index (χ1v) is 7.73. The topological polar surface area (TPSA) is 121 Å². The van der Waals surface area contributed by atoms with Crippen LogP contribution in [0.5, 0.6) is 11.5 Å². The molecule has 1 fully saturated rings. The highest BCUT2D eigenvalue weighted by Crippen LogP contribution is 2.25. The summed E-state index contributed by atoms with van der Waals surface area (Å²) in [4.78, 5) is 13.6. The van der Waals surface area contributed by atoms with Crippen LogP contribution in [-0.2, 0) is 10.0 Å². The number of carbonyl (C=O) groups excluding carboxylic acids is 1. The van der Waals surface area contributed by atoms with Crippen LogP contribution in [0.15, 0.2) is 18.2 Å². The van der Waals surface area contributed by atoms with Gasteiger partial charge in [-0.15, -0.1) is 0 Å². The Kier molecular flexibility index (Phi) is 3.87. The molecule has 1 aliphatic rings. The molecule has 0 radical (unpaired) electrons. The van der Waals surface area contributed by atoms with Crippen molar-refractivity contribution in [2.75, 3.05) is 13.1 Å². The molecule has 0 aliphatic carbocycles. The summed E-state index contributed by atoms with van der Waals surface area (Å²) >= 11 is 0. The number of carbonyl (C=O) groups is 1. The number of sulfonamides is 1. The van der Waals surface area contributed by atoms with E-state index in [1.807, 2.05) is 0 Å². The zero-order valence-electron chi connectivity index (χ0n) is 10.7. The number of nitrogens with two attached hydrogens (primary N) is 1. The van der Waals surface area contributed by atoms with Crippen LogP contribution in [0.25, 0.3) is 0 Å². The Balaban J connectivity index is 2.21. The van der Waals surface area contributed by atoms with Crippen LogP contribution in [0.3, 0.4) is 0 Å². The first kappa shape index (κ1) is 14.6. The number of hydrogen-bond acceptors (Lipinski definition) is 5. The summed E-state index contributed by atoms with van der Waals surface area (Å²) < 4.78 is 22.7. The standard InChI is InChI=1S/C12H16N2O5S/c13-20(18,19)9-2-1-5-14(7-9)12(17)10-4-3-8(15)6-11(10)16/h3-4,6,9,15-16H,1-2,5,7H2,(H2,13,18,19). The van der Waals surface area contributed by atoms with E-state index < -0.39 is 21.2 Å². The van der Waals surface area contributed by atoms with Crippen LogP contribution in [-0.4, -0.2) is 47.8 Å². The van der Waals surface area contributed by atoms with Gasteiger partial charge in [-0.1, -0.05) is 0 Å². The molecule has 1 saturated heterocycles. The van der Waals surface area contributed by atoms with E-state index in [2.05, 4.69) is 0 Å². The van der Waals surface area contributed by atoms with Crippen LogP contribution in [0.4, 0.5) is 0 Å². The Morgan fingerprint density at radius 3 is 2.65 bits per heavy atom. The van der Waals surface area contributed by atoms with E-state index in [0.717, 1.165) is 6.07 Å². The number of phenols is 2. The minimum absolute atomic E-state index is 0.0119. The molecule has 2 rings (SSSR count). The van der Waals surface area contributed by atoms with Gasteiger partial charge in [-0.2, -0.15) is 0 Å². The highest BCUT2D eigenvalue weighted by atomic mass is 32.2. The maximum absolute atomic E-state index is 12.3. The zero-order chi connectivity index (χ0) is 14.9. The fourth-order valence-corrected chi connectivity index (χ4v) is 3.14. The average molecular weight is 300 g/mol. The number of amides is 1. The van der Waals surface area contributed by atoms with Crippen LogP contribution in [0.1, 0.15) is 23.2 Å². The molecule has 8 heteroatoms. The van der Waals surface area contributed by atoms with Crippen molar-refractivity contribution in [3.05, 3.63) is 23.8 Å². The van der Waals surface area contributed by atoms with Crippen LogP contribution in [0.2, 0.25) is 0 Å². The number of phenolic OH excluding ortho intramolecular Hbond substituents is 2. The molecule has 0 spiro atoms. The number of piperidine rings is 1. The largest absolute Gasteiger partial charge is 0.508 e. The molecule has 0 bridgehead atoms. The predicted molar refractivity (Wildman–Crippen MR) is 71.8 cm³/mol. The Labute approximate surface area is 116 Å². The van der Waals surface area contributed by atoms with Crippen molar-refractivity contribution in [2.24, 2.45) is 5.14 Å². The van der Waals surface area contributed by atoms with E-state index in [-0.39, 0.29) is 23.6 Å². The molecule has 1 aromatic carbocycles. The Morgan fingerprint density at radius 2 is 2.05 bits per heavy atom. The Bertz CT molecular complexity index is 629. The molecule has 1 aromatic rings. The minimum atomic E-state index is -3.69. The van der Waals surface area contributed by atoms with Gasteiger partial charge < -0.3 is 15.1 Å². The van der Waals surface area contributed by atoms with Gasteiger partial charge in [-0.25, -0.2) is 13.6 Å². The van der Waals surface area contributed by atoms with Gasteiger partial charge in [0.25, 0.3) is 5.91 Å². The molecule has 1 heterocycles. The predicted octanol–water partition coefficient (Wildman–Crippen LogP) is -0.00910. The number of aromatic hydroxyl groups is 2. The third-order valence-corrected chi connectivity index (χ3v) is 4.66. The van der Waals surface area contributed by atoms with Crippen molar-refractivity contribution in [1.29, 1.82) is 0 Å². The summed E-state index contributed by atoms with van der Waals surface area (Å²) in [7, 11) is -3.69. The zero-order valence-corrected chi connectivity index (χ0v) is 11.5. The fraction of sp³-hybridized carbons (Fsp3) is 0.417. The minimum Gasteiger partial charge on any atom is -0.508 e. The van der Waals surface area contributed by atoms with E-state index in [1.165, 1.54) is 17.0 Å². The van der Waals surface area contributed by atoms with Gasteiger partial charge in [-0.05, 0) is 25.0 Å². The summed E-state index contributed by atoms with van der Waals surface area (Å²) in [5.41, 5.74) is 0.0258. The quantitative estimate of drug-likeness (QED) is 0.709. The Morgan fingerprint density at radius 1 is 1.35 bits per heavy atom. The summed E-state index contributed by atoms with van der Waals surface area (Å²) in [6.45, 7) is 0.420. The molecule has 0 saturated carbocycles. The van der Waals surface area contributed by atoms with Crippen molar-refractivity contribution in [1.82, 2.24) is 4.90 Å². The molecular weight excluding hydrogens is 284 g/mol. The van der Waals surface area contributed by atoms with Crippen molar-refractivity contribution >= 4 is 15.9 Å². The first-order chi connectivity index (χ1) is 9.29. The van der Waals surface area contributed by atoms with E-state index >= 15 is 0 Å². The van der Waals surface area contributed by atoms with Crippen molar-refractivity contribution in [3.8, 4) is 11.5 Å². The first-order valence-electron chi connectivity index (χ1n) is 6.12. The number of benzene rings is 1. The van der Waals surface area contributed by atoms with Crippen molar-refractivity contribution in [3.63, 3.8) is 0 Å². The van der Waals surface area contributed by atoms with Gasteiger partial charge in [0.1, 0.15) is 11.5 Å². The molecule has 1 amide bonds. The fourth-order valence-electron chi connectivity index (χ4n) is 2.26. The number of rotatable bonds is 2. The molecule has 1 aliphatic heterocycles. The summed E-state index contributed by atoms with van der Waals surface area (Å²) in [5.74, 6) is -0.969. The number of hydrogen-bond donors (Lipinski definition) is 3. The number of likely N-dealkylation sites (tertiary alicyclic amines) is 1. The highest BCUT2D eigenvalue weighted by molar-refractivity contribution is 7.89. The van der Waals surface area contributed by atoms with Crippen LogP contribution in [0, 0.1) is 0 Å². The lowest BCUT2D eigenvalue weighted by atomic mass is 10.1. The smallest absolute Gasteiger partial charge is 0.257 e. The summed E-state index contributed by atoms with van der Waals surface area (Å²) in [5, 5.41) is 23.2. The molecule has 110 valence electrons. The van der Waals surface area contributed by atoms with Gasteiger partial charge in [-0.3, -0.25) is 4.79 Å². The summed E-state index contributed by atoms with van der Waals surface area (Å²) in [6, 6.07) is 3.65. The van der Waals surface area contributed by atoms with Crippen molar-refractivity contribution < 1.29 is 23.4 Å². The highest BCUT2D eigenvalue weighted by Gasteiger charge is 2.31. The number of nitrogens with zero attached hydrogens (tertiary/aromatic N) is 1. The molecule has 0 aromatic heterocycles. The summed E-state index contributed by atoms with van der Waals surface area (Å²) in [6.07, 6.45) is 0.954. The molecule has 20 heavy (non-hydrogen) atoms. The molecular formula is C12H16N2O5S. The molecule has 1 unspecified atom stereocenters. The van der Waals surface area contributed by atoms with Crippen molar-refractivity contribution in [2.45, 2.75) is 18.1 Å². The van der Waals surface area contributed by atoms with Gasteiger partial charge in [0.15, 0.2) is 0 Å². The maximum atomic E-state index is 12.3. The third kappa shape index (κ3) is 3.02. The second kappa shape index (κ2) is 5.29. The van der Waals surface area contributed by atoms with Gasteiger partial charge in [0.05, 0.1) is 10.8 Å². The van der Waals surface area contributed by atoms with E-state index in [0.29, 0.717) is 19.4 Å². The normalized spacial score (nSPS) is 19.9. The van der Waals surface area contributed by atoms with Gasteiger partial charge >= 0.3 is 0 Å². The molecule has 7 nitrogen and oxygen atoms in total. The van der Waals surface area contributed by atoms with Gasteiger partial charge in [0, 0.05) is 19.2 Å². The van der Waals surface area contributed by atoms with E-state index in [1.54, 1.807) is 0 Å². The third-order valence-electron chi connectivity index (χ3n) is 3.34. The molecule has 1 atom stereocenters. The van der Waals surface area contributed by atoms with Gasteiger partial charge in [0.2, 0.25) is 10.0 Å². The molecule has 4 N–H and O–H groups in total. The maximum Gasteiger partial charge on any atom is 0.257 e. The van der Waals surface area contributed by atoms with E-state index in [9.17, 15) is 23.4 Å². The lowest BCUT2D eigenvalue weighted by Gasteiger charge is -2.31. The lowest BCUT2D eigenvalue weighted by molar-refractivity contribution is 0.0724. The Hall–Kier alpha value is -1.80. The second-order valence-corrected chi connectivity index (χ2v) is 6.65. The van der Waals surface area contributed by atoms with E-state index in [4.69, 9.17) is 5.14 Å². The number of primary sulfonamides is 1. The van der Waals surface area contributed by atoms with Crippen LogP contribution < -0.4 is 5.14 Å². The van der Waals surface area contributed by atoms with Crippen LogP contribution >= 0.6 is 0 Å². The lowest BCUT2D eigenvalue weighted by Crippen LogP contribution is -2.47.